The fraction of sp³-hybridized carbons (Fsp3) is 0.621. The molecule has 2 heterocycles. The summed E-state index contributed by atoms with van der Waals surface area (Å²) < 4.78 is 26.4. The minimum Gasteiger partial charge on any atom is -0.455 e. The van der Waals surface area contributed by atoms with Crippen LogP contribution in [0.15, 0.2) is 6.20 Å². The van der Waals surface area contributed by atoms with Gasteiger partial charge < -0.3 is 23.7 Å². The zero-order chi connectivity index (χ0) is 34.0. The molecular formula is C29H41N5O10. The molecule has 2 rings (SSSR count). The van der Waals surface area contributed by atoms with Gasteiger partial charge in [-0.05, 0) is 90.0 Å². The van der Waals surface area contributed by atoms with E-state index in [4.69, 9.17) is 23.7 Å². The maximum atomic E-state index is 13.3. The van der Waals surface area contributed by atoms with Crippen LogP contribution in [0.3, 0.4) is 0 Å². The molecule has 0 fully saturated rings. The van der Waals surface area contributed by atoms with Gasteiger partial charge in [-0.3, -0.25) is 4.79 Å². The van der Waals surface area contributed by atoms with E-state index >= 15 is 0 Å². The van der Waals surface area contributed by atoms with E-state index < -0.39 is 70.2 Å². The van der Waals surface area contributed by atoms with Crippen LogP contribution in [0.4, 0.5) is 20.3 Å². The standard InChI is InChI=1S/C29H41N5O10/c1-15(40-25(39)44-29(11,12)13)19(35)16-14-30-20-17(31-16)18(21(36)41-26(2,3)4)32-22(33-20)34(23(37)42-27(5,6)7)24(38)43-28(8,9)10/h14-15H,1-13H3/t15-/m0/s1. The number of amides is 2. The number of nitrogens with zero attached hydrogens (tertiary/aromatic N) is 5. The molecule has 0 aliphatic rings. The van der Waals surface area contributed by atoms with E-state index in [2.05, 4.69) is 19.9 Å². The lowest BCUT2D eigenvalue weighted by Gasteiger charge is -2.27. The third-order valence-corrected chi connectivity index (χ3v) is 4.62. The number of rotatable bonds is 5. The van der Waals surface area contributed by atoms with Gasteiger partial charge in [0.25, 0.3) is 0 Å². The molecule has 242 valence electrons. The highest BCUT2D eigenvalue weighted by atomic mass is 16.7. The number of fused-ring (bicyclic) bond motifs is 1. The monoisotopic (exact) mass is 619 g/mol. The van der Waals surface area contributed by atoms with Gasteiger partial charge in [-0.15, -0.1) is 4.90 Å². The highest BCUT2D eigenvalue weighted by molar-refractivity contribution is 6.09. The maximum Gasteiger partial charge on any atom is 0.509 e. The van der Waals surface area contributed by atoms with Crippen molar-refractivity contribution in [1.29, 1.82) is 0 Å². The summed E-state index contributed by atoms with van der Waals surface area (Å²) in [5.41, 5.74) is -5.29. The number of esters is 1. The first-order valence-corrected chi connectivity index (χ1v) is 13.7. The molecule has 1 atom stereocenters. The van der Waals surface area contributed by atoms with Crippen molar-refractivity contribution in [3.63, 3.8) is 0 Å². The van der Waals surface area contributed by atoms with Crippen LogP contribution in [0.1, 0.15) is 111 Å². The lowest BCUT2D eigenvalue weighted by molar-refractivity contribution is -0.0198. The highest BCUT2D eigenvalue weighted by Gasteiger charge is 2.37. The topological polar surface area (TPSA) is 186 Å². The number of ether oxygens (including phenoxy) is 5. The van der Waals surface area contributed by atoms with Crippen molar-refractivity contribution >= 4 is 47.2 Å². The van der Waals surface area contributed by atoms with Crippen molar-refractivity contribution < 1.29 is 47.7 Å². The number of ketones is 1. The number of imide groups is 1. The molecule has 0 spiro atoms. The number of hydrogen-bond acceptors (Lipinski definition) is 14. The lowest BCUT2D eigenvalue weighted by Crippen LogP contribution is -2.45. The summed E-state index contributed by atoms with van der Waals surface area (Å²) in [6, 6.07) is 0. The Balaban J connectivity index is 2.72. The second-order valence-corrected chi connectivity index (χ2v) is 13.7. The van der Waals surface area contributed by atoms with Gasteiger partial charge in [-0.1, -0.05) is 0 Å². The predicted molar refractivity (Wildman–Crippen MR) is 156 cm³/mol. The van der Waals surface area contributed by atoms with Gasteiger partial charge >= 0.3 is 24.3 Å². The Labute approximate surface area is 256 Å². The molecule has 44 heavy (non-hydrogen) atoms. The number of anilines is 1. The molecule has 0 aliphatic heterocycles. The van der Waals surface area contributed by atoms with E-state index in [9.17, 15) is 24.0 Å². The smallest absolute Gasteiger partial charge is 0.455 e. The lowest BCUT2D eigenvalue weighted by atomic mass is 10.2. The molecule has 0 unspecified atom stereocenters. The van der Waals surface area contributed by atoms with Crippen molar-refractivity contribution in [2.75, 3.05) is 4.90 Å². The molecule has 0 aliphatic carbocycles. The minimum atomic E-state index is -1.34. The number of aromatic nitrogens is 4. The quantitative estimate of drug-likeness (QED) is 0.229. The number of hydrogen-bond donors (Lipinski definition) is 0. The van der Waals surface area contributed by atoms with Gasteiger partial charge in [0.15, 0.2) is 17.4 Å². The number of carbonyl (C=O) groups excluding carboxylic acids is 5. The zero-order valence-electron chi connectivity index (χ0n) is 27.5. The van der Waals surface area contributed by atoms with Crippen molar-refractivity contribution in [3.05, 3.63) is 17.6 Å². The van der Waals surface area contributed by atoms with Crippen molar-refractivity contribution in [2.45, 2.75) is 119 Å². The summed E-state index contributed by atoms with van der Waals surface area (Å²) in [6.45, 7) is 20.6. The fourth-order valence-electron chi connectivity index (χ4n) is 3.12. The Morgan fingerprint density at radius 2 is 1.16 bits per heavy atom. The molecule has 15 heteroatoms. The fourth-order valence-corrected chi connectivity index (χ4v) is 3.12. The van der Waals surface area contributed by atoms with Crippen LogP contribution in [0.2, 0.25) is 0 Å². The van der Waals surface area contributed by atoms with E-state index in [0.717, 1.165) is 6.20 Å². The normalized spacial score (nSPS) is 13.0. The van der Waals surface area contributed by atoms with E-state index in [1.807, 2.05) is 0 Å². The molecule has 15 nitrogen and oxygen atoms in total. The summed E-state index contributed by atoms with van der Waals surface area (Å²) >= 11 is 0. The Bertz CT molecular complexity index is 1420. The predicted octanol–water partition coefficient (Wildman–Crippen LogP) is 5.57. The van der Waals surface area contributed by atoms with Gasteiger partial charge in [0.05, 0.1) is 6.20 Å². The van der Waals surface area contributed by atoms with Crippen LogP contribution in [-0.4, -0.2) is 78.5 Å². The first-order chi connectivity index (χ1) is 19.8. The Morgan fingerprint density at radius 1 is 0.682 bits per heavy atom. The Kier molecular flexibility index (Phi) is 10.3. The van der Waals surface area contributed by atoms with E-state index in [1.165, 1.54) is 6.92 Å². The van der Waals surface area contributed by atoms with Gasteiger partial charge in [-0.25, -0.2) is 34.1 Å². The molecule has 0 bridgehead atoms. The summed E-state index contributed by atoms with van der Waals surface area (Å²) in [6.07, 6.45) is -3.75. The average Bonchev–Trinajstić information content (AvgIpc) is 2.78. The number of Topliss-reactive ketones (excluding diaryl/α,β-unsaturated/α-hetero) is 1. The summed E-state index contributed by atoms with van der Waals surface area (Å²) in [4.78, 5) is 82.0. The first-order valence-electron chi connectivity index (χ1n) is 13.7. The van der Waals surface area contributed by atoms with Crippen LogP contribution < -0.4 is 4.90 Å². The molecular weight excluding hydrogens is 578 g/mol. The van der Waals surface area contributed by atoms with Crippen LogP contribution >= 0.6 is 0 Å². The summed E-state index contributed by atoms with van der Waals surface area (Å²) in [5.74, 6) is -2.40. The summed E-state index contributed by atoms with van der Waals surface area (Å²) in [5, 5.41) is 0. The van der Waals surface area contributed by atoms with Crippen molar-refractivity contribution in [2.24, 2.45) is 0 Å². The SMILES string of the molecule is C[C@H](OC(=O)OC(C)(C)C)C(=O)c1cnc2nc(N(C(=O)OC(C)(C)C)C(=O)OC(C)(C)C)nc(C(=O)OC(C)(C)C)c2n1. The minimum absolute atomic E-state index is 0.273. The van der Waals surface area contributed by atoms with Gasteiger partial charge in [-0.2, -0.15) is 4.98 Å². The first kappa shape index (κ1) is 35.8. The molecule has 0 aromatic carbocycles. The zero-order valence-corrected chi connectivity index (χ0v) is 27.5. The molecule has 0 radical (unpaired) electrons. The molecule has 2 aromatic rings. The largest absolute Gasteiger partial charge is 0.509 e. The van der Waals surface area contributed by atoms with Gasteiger partial charge in [0.1, 0.15) is 33.6 Å². The van der Waals surface area contributed by atoms with E-state index in [-0.39, 0.29) is 16.9 Å². The van der Waals surface area contributed by atoms with E-state index in [1.54, 1.807) is 83.1 Å². The van der Waals surface area contributed by atoms with Gasteiger partial charge in [0, 0.05) is 0 Å². The molecule has 2 aromatic heterocycles. The maximum absolute atomic E-state index is 13.3. The molecule has 2 amide bonds. The third-order valence-electron chi connectivity index (χ3n) is 4.62. The van der Waals surface area contributed by atoms with Crippen LogP contribution in [0.5, 0.6) is 0 Å². The molecule has 0 N–H and O–H groups in total. The molecule has 0 saturated carbocycles. The Hall–Kier alpha value is -4.43. The van der Waals surface area contributed by atoms with Crippen molar-refractivity contribution in [3.8, 4) is 0 Å². The molecule has 0 saturated heterocycles. The van der Waals surface area contributed by atoms with Crippen molar-refractivity contribution in [1.82, 2.24) is 19.9 Å². The second-order valence-electron chi connectivity index (χ2n) is 13.7. The number of carbonyl (C=O) groups is 5. The van der Waals surface area contributed by atoms with Crippen LogP contribution in [0, 0.1) is 0 Å². The Morgan fingerprint density at radius 3 is 1.61 bits per heavy atom. The van der Waals surface area contributed by atoms with Crippen LogP contribution in [0.25, 0.3) is 11.2 Å². The average molecular weight is 620 g/mol. The highest BCUT2D eigenvalue weighted by Crippen LogP contribution is 2.24. The summed E-state index contributed by atoms with van der Waals surface area (Å²) in [7, 11) is 0. The van der Waals surface area contributed by atoms with Gasteiger partial charge in [0.2, 0.25) is 11.7 Å². The third kappa shape index (κ3) is 10.7. The van der Waals surface area contributed by atoms with Crippen LogP contribution in [-0.2, 0) is 23.7 Å². The van der Waals surface area contributed by atoms with E-state index in [0.29, 0.717) is 4.90 Å². The second kappa shape index (κ2) is 12.7.